The molecule has 3 rings (SSSR count). The van der Waals surface area contributed by atoms with E-state index < -0.39 is 5.97 Å². The van der Waals surface area contributed by atoms with Gasteiger partial charge in [-0.15, -0.1) is 0 Å². The van der Waals surface area contributed by atoms with Gasteiger partial charge >= 0.3 is 5.97 Å². The maximum Gasteiger partial charge on any atom is 0.336 e. The first kappa shape index (κ1) is 11.5. The lowest BCUT2D eigenvalue weighted by molar-refractivity contribution is 0.0699. The van der Waals surface area contributed by atoms with Gasteiger partial charge < -0.3 is 5.11 Å². The highest BCUT2D eigenvalue weighted by Crippen LogP contribution is 2.28. The molecule has 0 radical (unpaired) electrons. The van der Waals surface area contributed by atoms with Crippen molar-refractivity contribution < 1.29 is 9.90 Å². The van der Waals surface area contributed by atoms with Crippen molar-refractivity contribution in [3.63, 3.8) is 0 Å². The Bertz CT molecular complexity index is 816. The number of hydrogen-bond donors (Lipinski definition) is 1. The van der Waals surface area contributed by atoms with Crippen molar-refractivity contribution in [2.24, 2.45) is 0 Å². The molecule has 0 aliphatic heterocycles. The molecule has 92 valence electrons. The van der Waals surface area contributed by atoms with Crippen molar-refractivity contribution in [1.82, 2.24) is 0 Å². The molecule has 0 unspecified atom stereocenters. The Morgan fingerprint density at radius 3 is 2.32 bits per heavy atom. The topological polar surface area (TPSA) is 37.3 Å². The summed E-state index contributed by atoms with van der Waals surface area (Å²) in [6.45, 7) is 3.68. The molecule has 0 aliphatic carbocycles. The molecule has 0 bridgehead atoms. The minimum absolute atomic E-state index is 0.318. The van der Waals surface area contributed by atoms with Crippen LogP contribution in [0.15, 0.2) is 55.1 Å². The predicted octanol–water partition coefficient (Wildman–Crippen LogP) is 4.33. The molecule has 0 aromatic heterocycles. The maximum atomic E-state index is 11.5. The number of carboxylic acid groups (broad SMARTS) is 1. The Morgan fingerprint density at radius 1 is 1.00 bits per heavy atom. The minimum Gasteiger partial charge on any atom is -0.478 e. The van der Waals surface area contributed by atoms with E-state index in [1.807, 2.05) is 42.5 Å². The molecular weight excluding hydrogens is 236 g/mol. The average Bonchev–Trinajstić information content (AvgIpc) is 2.43. The first-order valence-electron chi connectivity index (χ1n) is 6.02. The van der Waals surface area contributed by atoms with E-state index in [9.17, 15) is 9.90 Å². The SMILES string of the molecule is C=Cc1ccc2cc3ccccc3cc2c1C(=O)O. The van der Waals surface area contributed by atoms with Crippen LogP contribution >= 0.6 is 0 Å². The molecule has 0 saturated carbocycles. The van der Waals surface area contributed by atoms with E-state index in [-0.39, 0.29) is 0 Å². The summed E-state index contributed by atoms with van der Waals surface area (Å²) in [5, 5.41) is 13.3. The summed E-state index contributed by atoms with van der Waals surface area (Å²) < 4.78 is 0. The quantitative estimate of drug-likeness (QED) is 0.685. The Kier molecular flexibility index (Phi) is 2.57. The Hall–Kier alpha value is -2.61. The number of carbonyl (C=O) groups is 1. The molecule has 0 amide bonds. The lowest BCUT2D eigenvalue weighted by Gasteiger charge is -2.08. The van der Waals surface area contributed by atoms with Gasteiger partial charge in [0.25, 0.3) is 0 Å². The van der Waals surface area contributed by atoms with Crippen molar-refractivity contribution in [3.8, 4) is 0 Å². The third kappa shape index (κ3) is 1.78. The Labute approximate surface area is 110 Å². The van der Waals surface area contributed by atoms with E-state index in [1.165, 1.54) is 0 Å². The molecule has 19 heavy (non-hydrogen) atoms. The number of hydrogen-bond acceptors (Lipinski definition) is 1. The van der Waals surface area contributed by atoms with Crippen molar-refractivity contribution in [1.29, 1.82) is 0 Å². The van der Waals surface area contributed by atoms with Gasteiger partial charge in [0.1, 0.15) is 0 Å². The monoisotopic (exact) mass is 248 g/mol. The minimum atomic E-state index is -0.921. The molecular formula is C17H12O2. The second kappa shape index (κ2) is 4.25. The first-order chi connectivity index (χ1) is 9.20. The number of fused-ring (bicyclic) bond motifs is 2. The van der Waals surface area contributed by atoms with E-state index in [2.05, 4.69) is 6.58 Å². The molecule has 2 heteroatoms. The summed E-state index contributed by atoms with van der Waals surface area (Å²) in [4.78, 5) is 11.5. The molecule has 0 heterocycles. The van der Waals surface area contributed by atoms with Crippen molar-refractivity contribution in [2.45, 2.75) is 0 Å². The van der Waals surface area contributed by atoms with Crippen LogP contribution in [0.2, 0.25) is 0 Å². The summed E-state index contributed by atoms with van der Waals surface area (Å²) in [7, 11) is 0. The lowest BCUT2D eigenvalue weighted by atomic mass is 9.96. The normalized spacial score (nSPS) is 10.7. The van der Waals surface area contributed by atoms with Gasteiger partial charge in [-0.2, -0.15) is 0 Å². The van der Waals surface area contributed by atoms with Gasteiger partial charge in [0, 0.05) is 0 Å². The number of rotatable bonds is 2. The fraction of sp³-hybridized carbons (Fsp3) is 0. The zero-order valence-corrected chi connectivity index (χ0v) is 10.3. The smallest absolute Gasteiger partial charge is 0.336 e. The van der Waals surface area contributed by atoms with Crippen LogP contribution in [-0.2, 0) is 0 Å². The molecule has 0 aliphatic rings. The molecule has 0 spiro atoms. The Balaban J connectivity index is 2.50. The van der Waals surface area contributed by atoms with Crippen LogP contribution in [0.3, 0.4) is 0 Å². The predicted molar refractivity (Wildman–Crippen MR) is 78.5 cm³/mol. The Morgan fingerprint density at radius 2 is 1.68 bits per heavy atom. The fourth-order valence-electron chi connectivity index (χ4n) is 2.44. The van der Waals surface area contributed by atoms with Crippen molar-refractivity contribution in [2.75, 3.05) is 0 Å². The van der Waals surface area contributed by atoms with Gasteiger partial charge in [-0.05, 0) is 39.2 Å². The molecule has 3 aromatic carbocycles. The summed E-state index contributed by atoms with van der Waals surface area (Å²) in [5.74, 6) is -0.921. The zero-order chi connectivity index (χ0) is 13.4. The van der Waals surface area contributed by atoms with Crippen molar-refractivity contribution >= 4 is 33.6 Å². The fourth-order valence-corrected chi connectivity index (χ4v) is 2.44. The second-order valence-electron chi connectivity index (χ2n) is 4.46. The number of benzene rings is 3. The van der Waals surface area contributed by atoms with Crippen LogP contribution in [0, 0.1) is 0 Å². The average molecular weight is 248 g/mol. The highest BCUT2D eigenvalue weighted by atomic mass is 16.4. The number of carboxylic acids is 1. The first-order valence-corrected chi connectivity index (χ1v) is 6.02. The van der Waals surface area contributed by atoms with Gasteiger partial charge in [-0.1, -0.05) is 49.1 Å². The third-order valence-corrected chi connectivity index (χ3v) is 3.35. The molecule has 1 N–H and O–H groups in total. The molecule has 2 nitrogen and oxygen atoms in total. The largest absolute Gasteiger partial charge is 0.478 e. The summed E-state index contributed by atoms with van der Waals surface area (Å²) in [5.41, 5.74) is 0.966. The maximum absolute atomic E-state index is 11.5. The van der Waals surface area contributed by atoms with Gasteiger partial charge in [-0.3, -0.25) is 0 Å². The molecule has 3 aromatic rings. The van der Waals surface area contributed by atoms with Crippen LogP contribution in [0.4, 0.5) is 0 Å². The summed E-state index contributed by atoms with van der Waals surface area (Å²) in [6.07, 6.45) is 1.58. The second-order valence-corrected chi connectivity index (χ2v) is 4.46. The molecule has 0 saturated heterocycles. The van der Waals surface area contributed by atoms with Crippen LogP contribution in [0.25, 0.3) is 27.6 Å². The van der Waals surface area contributed by atoms with E-state index in [1.54, 1.807) is 12.1 Å². The number of aromatic carboxylic acids is 1. The van der Waals surface area contributed by atoms with Gasteiger partial charge in [0.05, 0.1) is 5.56 Å². The van der Waals surface area contributed by atoms with Gasteiger partial charge in [0.2, 0.25) is 0 Å². The van der Waals surface area contributed by atoms with E-state index >= 15 is 0 Å². The van der Waals surface area contributed by atoms with Crippen molar-refractivity contribution in [3.05, 3.63) is 66.2 Å². The van der Waals surface area contributed by atoms with Crippen LogP contribution in [0.5, 0.6) is 0 Å². The summed E-state index contributed by atoms with van der Waals surface area (Å²) >= 11 is 0. The highest BCUT2D eigenvalue weighted by Gasteiger charge is 2.13. The standard InChI is InChI=1S/C17H12O2/c1-2-11-7-8-14-9-12-5-3-4-6-13(12)10-15(14)16(11)17(18)19/h2-10H,1H2,(H,18,19). The molecule has 0 atom stereocenters. The van der Waals surface area contributed by atoms with Gasteiger partial charge in [0.15, 0.2) is 0 Å². The van der Waals surface area contributed by atoms with Crippen LogP contribution in [0.1, 0.15) is 15.9 Å². The van der Waals surface area contributed by atoms with Crippen LogP contribution < -0.4 is 0 Å². The van der Waals surface area contributed by atoms with Gasteiger partial charge in [-0.25, -0.2) is 4.79 Å². The summed E-state index contributed by atoms with van der Waals surface area (Å²) in [6, 6.07) is 15.6. The van der Waals surface area contributed by atoms with E-state index in [0.717, 1.165) is 21.5 Å². The zero-order valence-electron chi connectivity index (χ0n) is 10.3. The third-order valence-electron chi connectivity index (χ3n) is 3.35. The van der Waals surface area contributed by atoms with E-state index in [4.69, 9.17) is 0 Å². The highest BCUT2D eigenvalue weighted by molar-refractivity contribution is 6.10. The van der Waals surface area contributed by atoms with E-state index in [0.29, 0.717) is 11.1 Å². The van der Waals surface area contributed by atoms with Crippen LogP contribution in [-0.4, -0.2) is 11.1 Å². The molecule has 0 fully saturated rings. The lowest BCUT2D eigenvalue weighted by Crippen LogP contribution is -2.00.